The lowest BCUT2D eigenvalue weighted by Gasteiger charge is -2.35. The Bertz CT molecular complexity index is 277. The van der Waals surface area contributed by atoms with Crippen molar-refractivity contribution in [3.05, 3.63) is 11.6 Å². The molecule has 0 N–H and O–H groups in total. The number of hydrogen-bond donors (Lipinski definition) is 0. The smallest absolute Gasteiger partial charge is 0.161 e. The van der Waals surface area contributed by atoms with Gasteiger partial charge in [0.25, 0.3) is 0 Å². The molecule has 0 bridgehead atoms. The average molecular weight is 245 g/mol. The van der Waals surface area contributed by atoms with Crippen LogP contribution in [0.5, 0.6) is 0 Å². The lowest BCUT2D eigenvalue weighted by molar-refractivity contribution is -0.119. The maximum absolute atomic E-state index is 5.84. The van der Waals surface area contributed by atoms with Crippen LogP contribution >= 0.6 is 11.6 Å². The molecule has 1 fully saturated rings. The quantitative estimate of drug-likeness (QED) is 0.549. The molecule has 1 aliphatic carbocycles. The van der Waals surface area contributed by atoms with Crippen LogP contribution in [-0.4, -0.2) is 24.9 Å². The minimum absolute atomic E-state index is 0.0573. The molecule has 2 nitrogen and oxygen atoms in total. The fourth-order valence-corrected chi connectivity index (χ4v) is 3.22. The van der Waals surface area contributed by atoms with Crippen LogP contribution in [0.25, 0.3) is 0 Å². The molecule has 1 heterocycles. The Balaban J connectivity index is 2.04. The van der Waals surface area contributed by atoms with Crippen LogP contribution in [0.4, 0.5) is 0 Å². The van der Waals surface area contributed by atoms with Crippen molar-refractivity contribution in [2.45, 2.75) is 39.6 Å². The number of allylic oxidation sites excluding steroid dienone is 2. The fourth-order valence-electron chi connectivity index (χ4n) is 3.06. The molecule has 2 aliphatic rings. The highest BCUT2D eigenvalue weighted by molar-refractivity contribution is 6.18. The molecule has 92 valence electrons. The standard InChI is InChI=1S/C13H21ClO2/c1-8-4-9(2)12(10(3)5-8)13-15-7-11(6-14)16-13/h4,9-13H,5-7H2,1-3H3/t9-,10-,11+,12+,13-/m1/s1. The zero-order valence-electron chi connectivity index (χ0n) is 10.3. The summed E-state index contributed by atoms with van der Waals surface area (Å²) in [7, 11) is 0. The SMILES string of the molecule is CC1=C[C@@H](C)[C@H]([C@@H]2OC[C@H](CCl)O2)[C@H](C)C1. The van der Waals surface area contributed by atoms with E-state index in [0.29, 0.717) is 30.2 Å². The second-order valence-electron chi connectivity index (χ2n) is 5.25. The van der Waals surface area contributed by atoms with Crippen LogP contribution in [-0.2, 0) is 9.47 Å². The Labute approximate surface area is 103 Å². The highest BCUT2D eigenvalue weighted by Crippen LogP contribution is 2.38. The first-order valence-electron chi connectivity index (χ1n) is 6.12. The summed E-state index contributed by atoms with van der Waals surface area (Å²) >= 11 is 5.79. The topological polar surface area (TPSA) is 18.5 Å². The van der Waals surface area contributed by atoms with Crippen LogP contribution in [0.3, 0.4) is 0 Å². The summed E-state index contributed by atoms with van der Waals surface area (Å²) in [6, 6.07) is 0. The summed E-state index contributed by atoms with van der Waals surface area (Å²) < 4.78 is 11.6. The van der Waals surface area contributed by atoms with Gasteiger partial charge in [0, 0.05) is 5.92 Å². The third-order valence-electron chi connectivity index (χ3n) is 3.71. The van der Waals surface area contributed by atoms with E-state index in [9.17, 15) is 0 Å². The predicted molar refractivity (Wildman–Crippen MR) is 65.5 cm³/mol. The van der Waals surface area contributed by atoms with E-state index in [2.05, 4.69) is 26.8 Å². The van der Waals surface area contributed by atoms with E-state index in [1.54, 1.807) is 0 Å². The third kappa shape index (κ3) is 2.44. The number of ether oxygens (including phenoxy) is 2. The van der Waals surface area contributed by atoms with Crippen LogP contribution in [0.2, 0.25) is 0 Å². The first kappa shape index (κ1) is 12.4. The van der Waals surface area contributed by atoms with Crippen molar-refractivity contribution in [1.82, 2.24) is 0 Å². The Morgan fingerprint density at radius 2 is 2.19 bits per heavy atom. The second kappa shape index (κ2) is 5.07. The van der Waals surface area contributed by atoms with Crippen molar-refractivity contribution in [2.75, 3.05) is 12.5 Å². The van der Waals surface area contributed by atoms with Gasteiger partial charge in [-0.1, -0.05) is 25.5 Å². The first-order chi connectivity index (χ1) is 7.61. The molecule has 16 heavy (non-hydrogen) atoms. The van der Waals surface area contributed by atoms with Gasteiger partial charge in [0.15, 0.2) is 6.29 Å². The molecule has 1 aliphatic heterocycles. The lowest BCUT2D eigenvalue weighted by Crippen LogP contribution is -2.35. The van der Waals surface area contributed by atoms with E-state index in [1.165, 1.54) is 5.57 Å². The molecule has 2 rings (SSSR count). The molecule has 0 amide bonds. The summed E-state index contributed by atoms with van der Waals surface area (Å²) in [5.74, 6) is 2.15. The summed E-state index contributed by atoms with van der Waals surface area (Å²) in [6.45, 7) is 7.40. The molecule has 3 heteroatoms. The molecule has 0 spiro atoms. The molecule has 0 aromatic rings. The molecule has 1 saturated heterocycles. The normalized spacial score (nSPS) is 44.5. The first-order valence-corrected chi connectivity index (χ1v) is 6.65. The van der Waals surface area contributed by atoms with Gasteiger partial charge in [-0.3, -0.25) is 0 Å². The zero-order chi connectivity index (χ0) is 11.7. The Kier molecular flexibility index (Phi) is 3.93. The van der Waals surface area contributed by atoms with Gasteiger partial charge in [-0.15, -0.1) is 11.6 Å². The molecule has 0 aromatic carbocycles. The van der Waals surface area contributed by atoms with E-state index in [-0.39, 0.29) is 12.4 Å². The Morgan fingerprint density at radius 3 is 2.75 bits per heavy atom. The van der Waals surface area contributed by atoms with Crippen molar-refractivity contribution in [1.29, 1.82) is 0 Å². The van der Waals surface area contributed by atoms with Gasteiger partial charge >= 0.3 is 0 Å². The molecule has 5 atom stereocenters. The van der Waals surface area contributed by atoms with Gasteiger partial charge in [0.1, 0.15) is 0 Å². The molecular formula is C13H21ClO2. The van der Waals surface area contributed by atoms with Crippen molar-refractivity contribution in [3.8, 4) is 0 Å². The lowest BCUT2D eigenvalue weighted by atomic mass is 9.74. The van der Waals surface area contributed by atoms with Gasteiger partial charge in [0.2, 0.25) is 0 Å². The summed E-state index contributed by atoms with van der Waals surface area (Å²) in [4.78, 5) is 0. The minimum Gasteiger partial charge on any atom is -0.350 e. The average Bonchev–Trinajstić information content (AvgIpc) is 2.64. The summed E-state index contributed by atoms with van der Waals surface area (Å²) in [6.07, 6.45) is 3.53. The van der Waals surface area contributed by atoms with Crippen molar-refractivity contribution in [3.63, 3.8) is 0 Å². The van der Waals surface area contributed by atoms with E-state index in [1.807, 2.05) is 0 Å². The van der Waals surface area contributed by atoms with Gasteiger partial charge < -0.3 is 9.47 Å². The van der Waals surface area contributed by atoms with Crippen LogP contribution in [0.15, 0.2) is 11.6 Å². The second-order valence-corrected chi connectivity index (χ2v) is 5.55. The molecule has 0 aromatic heterocycles. The summed E-state index contributed by atoms with van der Waals surface area (Å²) in [5.41, 5.74) is 1.49. The van der Waals surface area contributed by atoms with Crippen molar-refractivity contribution in [2.24, 2.45) is 17.8 Å². The number of alkyl halides is 1. The largest absolute Gasteiger partial charge is 0.350 e. The van der Waals surface area contributed by atoms with Crippen LogP contribution < -0.4 is 0 Å². The number of rotatable bonds is 2. The number of hydrogen-bond acceptors (Lipinski definition) is 2. The van der Waals surface area contributed by atoms with Crippen molar-refractivity contribution < 1.29 is 9.47 Å². The minimum atomic E-state index is -0.0573. The fraction of sp³-hybridized carbons (Fsp3) is 0.846. The van der Waals surface area contributed by atoms with Gasteiger partial charge in [-0.05, 0) is 25.2 Å². The van der Waals surface area contributed by atoms with Crippen LogP contribution in [0.1, 0.15) is 27.2 Å². The Hall–Kier alpha value is -0.0500. The summed E-state index contributed by atoms with van der Waals surface area (Å²) in [5, 5.41) is 0. The molecule has 0 radical (unpaired) electrons. The maximum Gasteiger partial charge on any atom is 0.161 e. The monoisotopic (exact) mass is 244 g/mol. The zero-order valence-corrected chi connectivity index (χ0v) is 11.0. The highest BCUT2D eigenvalue weighted by Gasteiger charge is 2.39. The molecule has 0 saturated carbocycles. The molecule has 0 unspecified atom stereocenters. The van der Waals surface area contributed by atoms with Gasteiger partial charge in [0.05, 0.1) is 18.6 Å². The highest BCUT2D eigenvalue weighted by atomic mass is 35.5. The number of halogens is 1. The van der Waals surface area contributed by atoms with Gasteiger partial charge in [-0.2, -0.15) is 0 Å². The molecular weight excluding hydrogens is 224 g/mol. The van der Waals surface area contributed by atoms with Crippen LogP contribution in [0, 0.1) is 17.8 Å². The van der Waals surface area contributed by atoms with Crippen molar-refractivity contribution >= 4 is 11.6 Å². The third-order valence-corrected chi connectivity index (χ3v) is 4.06. The predicted octanol–water partition coefficient (Wildman–Crippen LogP) is 3.21. The van der Waals surface area contributed by atoms with Gasteiger partial charge in [-0.25, -0.2) is 0 Å². The Morgan fingerprint density at radius 1 is 1.44 bits per heavy atom. The van der Waals surface area contributed by atoms with E-state index in [4.69, 9.17) is 21.1 Å². The maximum atomic E-state index is 5.84. The van der Waals surface area contributed by atoms with E-state index >= 15 is 0 Å². The van der Waals surface area contributed by atoms with E-state index in [0.717, 1.165) is 6.42 Å². The van der Waals surface area contributed by atoms with E-state index < -0.39 is 0 Å².